The first-order chi connectivity index (χ1) is 13.6. The van der Waals surface area contributed by atoms with Crippen molar-refractivity contribution in [3.8, 4) is 0 Å². The summed E-state index contributed by atoms with van der Waals surface area (Å²) in [6.07, 6.45) is 2.16. The minimum Gasteiger partial charge on any atom is -0.461 e. The number of ketones is 1. The van der Waals surface area contributed by atoms with Crippen LogP contribution in [0.5, 0.6) is 0 Å². The van der Waals surface area contributed by atoms with Gasteiger partial charge in [-0.15, -0.1) is 0 Å². The summed E-state index contributed by atoms with van der Waals surface area (Å²) in [4.78, 5) is 28.7. The van der Waals surface area contributed by atoms with Crippen molar-refractivity contribution in [2.24, 2.45) is 5.16 Å². The number of hydrogen-bond donors (Lipinski definition) is 0. The van der Waals surface area contributed by atoms with E-state index in [1.165, 1.54) is 13.2 Å². The summed E-state index contributed by atoms with van der Waals surface area (Å²) in [5.74, 6) is -0.258. The second-order valence-corrected chi connectivity index (χ2v) is 6.76. The fourth-order valence-electron chi connectivity index (χ4n) is 3.88. The molecule has 0 spiro atoms. The third-order valence-corrected chi connectivity index (χ3v) is 5.06. The normalized spacial score (nSPS) is 14.7. The number of para-hydroxylation sites is 1. The van der Waals surface area contributed by atoms with Gasteiger partial charge < -0.3 is 13.8 Å². The van der Waals surface area contributed by atoms with E-state index < -0.39 is 5.97 Å². The van der Waals surface area contributed by atoms with Crippen molar-refractivity contribution in [1.82, 2.24) is 4.57 Å². The third kappa shape index (κ3) is 2.45. The van der Waals surface area contributed by atoms with E-state index in [0.717, 1.165) is 39.6 Å². The van der Waals surface area contributed by atoms with Crippen LogP contribution in [0.4, 0.5) is 0 Å². The number of nitrogens with zero attached hydrogens (tertiary/aromatic N) is 2. The Bertz CT molecular complexity index is 1280. The average Bonchev–Trinajstić information content (AvgIpc) is 3.35. The molecule has 2 aromatic heterocycles. The number of carbonyl (C=O) groups is 2. The molecule has 3 heterocycles. The number of carbonyl (C=O) groups excluding carboxylic acids is 2. The van der Waals surface area contributed by atoms with Crippen molar-refractivity contribution in [3.63, 3.8) is 0 Å². The zero-order valence-corrected chi connectivity index (χ0v) is 15.1. The minimum absolute atomic E-state index is 0.143. The molecule has 4 aromatic rings. The van der Waals surface area contributed by atoms with Crippen LogP contribution in [0.25, 0.3) is 21.8 Å². The van der Waals surface area contributed by atoms with Gasteiger partial charge in [0.1, 0.15) is 0 Å². The van der Waals surface area contributed by atoms with Crippen molar-refractivity contribution in [1.29, 1.82) is 0 Å². The summed E-state index contributed by atoms with van der Waals surface area (Å²) in [6, 6.07) is 15.1. The molecule has 0 aliphatic carbocycles. The predicted octanol–water partition coefficient (Wildman–Crippen LogP) is 4.29. The first-order valence-electron chi connectivity index (χ1n) is 9.01. The highest BCUT2D eigenvalue weighted by molar-refractivity contribution is 6.20. The third-order valence-electron chi connectivity index (χ3n) is 5.06. The summed E-state index contributed by atoms with van der Waals surface area (Å²) in [5, 5.41) is 6.09. The van der Waals surface area contributed by atoms with Crippen molar-refractivity contribution >= 4 is 39.3 Å². The molecule has 0 unspecified atom stereocenters. The highest BCUT2D eigenvalue weighted by Crippen LogP contribution is 2.35. The number of aryl methyl sites for hydroxylation is 1. The van der Waals surface area contributed by atoms with Gasteiger partial charge in [-0.1, -0.05) is 23.4 Å². The smallest absolute Gasteiger partial charge is 0.331 e. The van der Waals surface area contributed by atoms with Crippen LogP contribution < -0.4 is 0 Å². The molecule has 0 atom stereocenters. The van der Waals surface area contributed by atoms with E-state index in [4.69, 9.17) is 9.25 Å². The Labute approximate surface area is 160 Å². The van der Waals surface area contributed by atoms with Crippen LogP contribution in [-0.2, 0) is 16.2 Å². The summed E-state index contributed by atoms with van der Waals surface area (Å²) >= 11 is 0. The maximum atomic E-state index is 12.7. The van der Waals surface area contributed by atoms with Gasteiger partial charge in [-0.2, -0.15) is 0 Å². The maximum Gasteiger partial charge on any atom is 0.331 e. The number of benzene rings is 2. The van der Waals surface area contributed by atoms with Gasteiger partial charge in [0.05, 0.1) is 17.5 Å². The largest absolute Gasteiger partial charge is 0.461 e. The molecule has 138 valence electrons. The van der Waals surface area contributed by atoms with Crippen molar-refractivity contribution in [3.05, 3.63) is 71.7 Å². The average molecular weight is 372 g/mol. The Hall–Kier alpha value is -3.67. The molecule has 0 amide bonds. The van der Waals surface area contributed by atoms with Crippen LogP contribution in [0.15, 0.2) is 64.4 Å². The number of furan rings is 1. The van der Waals surface area contributed by atoms with Gasteiger partial charge in [-0.05, 0) is 30.3 Å². The van der Waals surface area contributed by atoms with Gasteiger partial charge in [0.2, 0.25) is 5.78 Å². The Kier molecular flexibility index (Phi) is 3.65. The number of rotatable bonds is 3. The fourth-order valence-corrected chi connectivity index (χ4v) is 3.88. The zero-order chi connectivity index (χ0) is 19.3. The molecule has 0 N–H and O–H groups in total. The van der Waals surface area contributed by atoms with E-state index in [9.17, 15) is 9.59 Å². The Morgan fingerprint density at radius 3 is 2.79 bits per heavy atom. The van der Waals surface area contributed by atoms with Gasteiger partial charge >= 0.3 is 5.97 Å². The number of oxime groups is 1. The summed E-state index contributed by atoms with van der Waals surface area (Å²) in [5.41, 5.74) is 4.38. The fraction of sp³-hybridized carbons (Fsp3) is 0.136. The molecular weight excluding hydrogens is 356 g/mol. The van der Waals surface area contributed by atoms with Crippen molar-refractivity contribution < 1.29 is 18.8 Å². The molecule has 0 saturated carbocycles. The van der Waals surface area contributed by atoms with E-state index in [1.807, 2.05) is 36.4 Å². The van der Waals surface area contributed by atoms with Crippen LogP contribution in [0.3, 0.4) is 0 Å². The Balaban J connectivity index is 1.71. The van der Waals surface area contributed by atoms with Crippen molar-refractivity contribution in [2.75, 3.05) is 0 Å². The Morgan fingerprint density at radius 1 is 1.11 bits per heavy atom. The lowest BCUT2D eigenvalue weighted by molar-refractivity contribution is -0.140. The van der Waals surface area contributed by atoms with Gasteiger partial charge in [-0.3, -0.25) is 4.79 Å². The maximum absolute atomic E-state index is 12.7. The standard InChI is InChI=1S/C22H16N2O4/c1-13(25)28-23-18-9-10-24-19-8-7-14(22(26)20-6-3-11-27-20)12-17(19)15-4-2-5-16(18)21(15)24/h2-8,11-12H,9-10H2,1H3/b23-18+. The van der Waals surface area contributed by atoms with E-state index in [-0.39, 0.29) is 5.78 Å². The molecule has 6 heteroatoms. The lowest BCUT2D eigenvalue weighted by Crippen LogP contribution is -2.15. The highest BCUT2D eigenvalue weighted by atomic mass is 16.7. The lowest BCUT2D eigenvalue weighted by atomic mass is 10.0. The molecule has 0 fully saturated rings. The van der Waals surface area contributed by atoms with Crippen LogP contribution >= 0.6 is 0 Å². The minimum atomic E-state index is -0.438. The van der Waals surface area contributed by atoms with Crippen molar-refractivity contribution in [2.45, 2.75) is 19.9 Å². The molecule has 0 saturated heterocycles. The van der Waals surface area contributed by atoms with Gasteiger partial charge in [0, 0.05) is 47.3 Å². The van der Waals surface area contributed by atoms with E-state index >= 15 is 0 Å². The first kappa shape index (κ1) is 16.5. The molecule has 1 aliphatic heterocycles. The summed E-state index contributed by atoms with van der Waals surface area (Å²) < 4.78 is 7.48. The quantitative estimate of drug-likeness (QED) is 0.305. The topological polar surface area (TPSA) is 73.8 Å². The molecule has 0 radical (unpaired) electrons. The second-order valence-electron chi connectivity index (χ2n) is 6.76. The first-order valence-corrected chi connectivity index (χ1v) is 9.01. The molecule has 28 heavy (non-hydrogen) atoms. The van der Waals surface area contributed by atoms with Gasteiger partial charge in [0.15, 0.2) is 5.76 Å². The number of aromatic nitrogens is 1. The Morgan fingerprint density at radius 2 is 2.00 bits per heavy atom. The lowest BCUT2D eigenvalue weighted by Gasteiger charge is -2.17. The van der Waals surface area contributed by atoms with Crippen LogP contribution in [-0.4, -0.2) is 22.0 Å². The molecular formula is C22H16N2O4. The molecule has 6 nitrogen and oxygen atoms in total. The molecule has 2 aromatic carbocycles. The van der Waals surface area contributed by atoms with Crippen LogP contribution in [0, 0.1) is 0 Å². The molecule has 0 bridgehead atoms. The number of hydrogen-bond acceptors (Lipinski definition) is 5. The molecule has 5 rings (SSSR count). The van der Waals surface area contributed by atoms with E-state index in [0.29, 0.717) is 17.7 Å². The highest BCUT2D eigenvalue weighted by Gasteiger charge is 2.23. The van der Waals surface area contributed by atoms with E-state index in [1.54, 1.807) is 12.1 Å². The van der Waals surface area contributed by atoms with Gasteiger partial charge in [-0.25, -0.2) is 4.79 Å². The summed E-state index contributed by atoms with van der Waals surface area (Å²) in [7, 11) is 0. The van der Waals surface area contributed by atoms with Gasteiger partial charge in [0.25, 0.3) is 0 Å². The van der Waals surface area contributed by atoms with Crippen LogP contribution in [0.2, 0.25) is 0 Å². The summed E-state index contributed by atoms with van der Waals surface area (Å²) in [6.45, 7) is 2.06. The predicted molar refractivity (Wildman–Crippen MR) is 105 cm³/mol. The second kappa shape index (κ2) is 6.20. The zero-order valence-electron chi connectivity index (χ0n) is 15.1. The van der Waals surface area contributed by atoms with E-state index in [2.05, 4.69) is 9.72 Å². The SMILES string of the molecule is CC(=O)O/N=C1\CCn2c3ccc(C(=O)c4ccco4)cc3c3cccc1c32. The number of fused-ring (bicyclic) bond motifs is 3. The monoisotopic (exact) mass is 372 g/mol. The molecule has 1 aliphatic rings. The van der Waals surface area contributed by atoms with Crippen LogP contribution in [0.1, 0.15) is 35.0 Å².